The van der Waals surface area contributed by atoms with Crippen LogP contribution in [-0.2, 0) is 17.5 Å². The minimum absolute atomic E-state index is 0.0173. The number of aromatic nitrogens is 2. The van der Waals surface area contributed by atoms with Crippen molar-refractivity contribution in [2.75, 3.05) is 0 Å². The Balaban J connectivity index is 1.77. The Kier molecular flexibility index (Phi) is 6.62. The number of H-pyrrole nitrogens is 1. The largest absolute Gasteiger partial charge is 0.416 e. The maximum atomic E-state index is 13.0. The number of para-hydroxylation sites is 1. The first-order chi connectivity index (χ1) is 14.7. The van der Waals surface area contributed by atoms with Gasteiger partial charge in [0.05, 0.1) is 22.5 Å². The number of halogens is 3. The lowest BCUT2D eigenvalue weighted by atomic mass is 9.99. The summed E-state index contributed by atoms with van der Waals surface area (Å²) < 4.78 is 40.4. The van der Waals surface area contributed by atoms with Crippen molar-refractivity contribution in [3.63, 3.8) is 0 Å². The van der Waals surface area contributed by atoms with E-state index in [2.05, 4.69) is 10.3 Å². The molecule has 3 rings (SSSR count). The first kappa shape index (κ1) is 22.3. The molecule has 6 nitrogen and oxygen atoms in total. The second-order valence-corrected chi connectivity index (χ2v) is 7.21. The fourth-order valence-corrected chi connectivity index (χ4v) is 3.49. The van der Waals surface area contributed by atoms with Crippen molar-refractivity contribution in [2.24, 2.45) is 0 Å². The van der Waals surface area contributed by atoms with Gasteiger partial charge in [0.15, 0.2) is 0 Å². The number of nitrogens with one attached hydrogen (secondary N) is 2. The summed E-state index contributed by atoms with van der Waals surface area (Å²) in [5.41, 5.74) is -1.12. The average molecular weight is 433 g/mol. The molecule has 31 heavy (non-hydrogen) atoms. The number of carbonyl (C=O) groups is 1. The summed E-state index contributed by atoms with van der Waals surface area (Å²) in [4.78, 5) is 38.9. The van der Waals surface area contributed by atoms with E-state index in [9.17, 15) is 27.6 Å². The molecule has 0 aliphatic carbocycles. The molecule has 0 spiro atoms. The van der Waals surface area contributed by atoms with Gasteiger partial charge in [-0.15, -0.1) is 0 Å². The highest BCUT2D eigenvalue weighted by Crippen LogP contribution is 2.31. The molecule has 1 atom stereocenters. The van der Waals surface area contributed by atoms with Crippen LogP contribution in [0.15, 0.2) is 58.1 Å². The molecule has 1 heterocycles. The van der Waals surface area contributed by atoms with Crippen LogP contribution in [0.5, 0.6) is 0 Å². The van der Waals surface area contributed by atoms with Crippen molar-refractivity contribution in [3.05, 3.63) is 80.5 Å². The van der Waals surface area contributed by atoms with Gasteiger partial charge >= 0.3 is 11.9 Å². The summed E-state index contributed by atoms with van der Waals surface area (Å²) in [5, 5.41) is 3.10. The summed E-state index contributed by atoms with van der Waals surface area (Å²) in [6.07, 6.45) is -3.42. The molecule has 1 aromatic heterocycles. The fraction of sp³-hybridized carbons (Fsp3) is 0.318. The summed E-state index contributed by atoms with van der Waals surface area (Å²) in [6.45, 7) is 1.89. The summed E-state index contributed by atoms with van der Waals surface area (Å²) in [7, 11) is 0. The molecule has 3 aromatic rings. The number of nitrogens with zero attached hydrogens (tertiary/aromatic N) is 1. The molecule has 0 bridgehead atoms. The number of benzene rings is 2. The van der Waals surface area contributed by atoms with Crippen LogP contribution in [0.3, 0.4) is 0 Å². The molecule has 0 saturated carbocycles. The van der Waals surface area contributed by atoms with E-state index in [1.165, 1.54) is 10.6 Å². The zero-order chi connectivity index (χ0) is 22.6. The molecular weight excluding hydrogens is 411 g/mol. The van der Waals surface area contributed by atoms with E-state index in [4.69, 9.17) is 0 Å². The molecule has 0 aliphatic rings. The lowest BCUT2D eigenvalue weighted by molar-refractivity contribution is -0.137. The number of alkyl halides is 3. The Labute approximate surface area is 175 Å². The second kappa shape index (κ2) is 9.20. The SMILES string of the molecule is CCCC(NC(=O)CCn1c(=O)[nH]c(=O)c2ccccc21)c1cccc(C(F)(F)F)c1. The maximum Gasteiger partial charge on any atom is 0.416 e. The minimum atomic E-state index is -4.47. The Bertz CT molecular complexity index is 1200. The van der Waals surface area contributed by atoms with Gasteiger partial charge in [0.1, 0.15) is 0 Å². The number of fused-ring (bicyclic) bond motifs is 1. The Hall–Kier alpha value is -3.36. The monoisotopic (exact) mass is 433 g/mol. The van der Waals surface area contributed by atoms with Crippen LogP contribution in [0.25, 0.3) is 10.9 Å². The molecule has 2 aromatic carbocycles. The van der Waals surface area contributed by atoms with Gasteiger partial charge < -0.3 is 5.32 Å². The highest BCUT2D eigenvalue weighted by atomic mass is 19.4. The number of rotatable bonds is 7. The summed E-state index contributed by atoms with van der Waals surface area (Å²) in [6, 6.07) is 10.9. The van der Waals surface area contributed by atoms with E-state index in [0.29, 0.717) is 29.3 Å². The van der Waals surface area contributed by atoms with Crippen LogP contribution in [0.4, 0.5) is 13.2 Å². The van der Waals surface area contributed by atoms with Crippen molar-refractivity contribution in [3.8, 4) is 0 Å². The predicted octanol–water partition coefficient (Wildman–Crippen LogP) is 3.76. The zero-order valence-electron chi connectivity index (χ0n) is 16.8. The number of aromatic amines is 1. The van der Waals surface area contributed by atoms with Crippen LogP contribution in [-0.4, -0.2) is 15.5 Å². The number of amides is 1. The first-order valence-corrected chi connectivity index (χ1v) is 9.89. The van der Waals surface area contributed by atoms with E-state index in [0.717, 1.165) is 12.1 Å². The van der Waals surface area contributed by atoms with E-state index in [1.807, 2.05) is 6.92 Å². The van der Waals surface area contributed by atoms with Crippen LogP contribution >= 0.6 is 0 Å². The van der Waals surface area contributed by atoms with Gasteiger partial charge in [-0.25, -0.2) is 4.79 Å². The Morgan fingerprint density at radius 3 is 2.58 bits per heavy atom. The first-order valence-electron chi connectivity index (χ1n) is 9.89. The van der Waals surface area contributed by atoms with Crippen molar-refractivity contribution >= 4 is 16.8 Å². The van der Waals surface area contributed by atoms with E-state index >= 15 is 0 Å². The van der Waals surface area contributed by atoms with Crippen LogP contribution in [0.1, 0.15) is 43.4 Å². The van der Waals surface area contributed by atoms with Gasteiger partial charge in [-0.1, -0.05) is 37.6 Å². The Morgan fingerprint density at radius 1 is 1.13 bits per heavy atom. The molecule has 1 amide bonds. The van der Waals surface area contributed by atoms with Crippen molar-refractivity contribution < 1.29 is 18.0 Å². The average Bonchev–Trinajstić information content (AvgIpc) is 2.73. The molecule has 9 heteroatoms. The van der Waals surface area contributed by atoms with Gasteiger partial charge in [0.25, 0.3) is 5.56 Å². The quantitative estimate of drug-likeness (QED) is 0.595. The van der Waals surface area contributed by atoms with Gasteiger partial charge in [0.2, 0.25) is 5.91 Å². The summed E-state index contributed by atoms with van der Waals surface area (Å²) >= 11 is 0. The van der Waals surface area contributed by atoms with Gasteiger partial charge in [-0.2, -0.15) is 13.2 Å². The lowest BCUT2D eigenvalue weighted by Gasteiger charge is -2.20. The normalized spacial score (nSPS) is 12.6. The molecule has 0 radical (unpaired) electrons. The van der Waals surface area contributed by atoms with Crippen LogP contribution in [0.2, 0.25) is 0 Å². The van der Waals surface area contributed by atoms with Gasteiger partial charge in [-0.05, 0) is 36.2 Å². The zero-order valence-corrected chi connectivity index (χ0v) is 16.8. The van der Waals surface area contributed by atoms with Crippen LogP contribution in [0, 0.1) is 0 Å². The number of aryl methyl sites for hydroxylation is 1. The van der Waals surface area contributed by atoms with Crippen molar-refractivity contribution in [1.29, 1.82) is 0 Å². The second-order valence-electron chi connectivity index (χ2n) is 7.21. The lowest BCUT2D eigenvalue weighted by Crippen LogP contribution is -2.33. The van der Waals surface area contributed by atoms with E-state index in [-0.39, 0.29) is 13.0 Å². The van der Waals surface area contributed by atoms with E-state index in [1.54, 1.807) is 30.3 Å². The summed E-state index contributed by atoms with van der Waals surface area (Å²) in [5.74, 6) is -0.405. The molecule has 1 unspecified atom stereocenters. The topological polar surface area (TPSA) is 84.0 Å². The third-order valence-corrected chi connectivity index (χ3v) is 5.00. The Morgan fingerprint density at radius 2 is 1.87 bits per heavy atom. The number of hydrogen-bond donors (Lipinski definition) is 2. The fourth-order valence-electron chi connectivity index (χ4n) is 3.49. The molecule has 0 fully saturated rings. The van der Waals surface area contributed by atoms with Gasteiger partial charge in [0, 0.05) is 13.0 Å². The minimum Gasteiger partial charge on any atom is -0.349 e. The van der Waals surface area contributed by atoms with Crippen molar-refractivity contribution in [1.82, 2.24) is 14.9 Å². The molecule has 164 valence electrons. The number of carbonyl (C=O) groups excluding carboxylic acids is 1. The standard InChI is InChI=1S/C22H22F3N3O3/c1-2-6-17(14-7-5-8-15(13-14)22(23,24)25)26-19(29)11-12-28-18-10-4-3-9-16(18)20(30)27-21(28)31/h3-5,7-10,13,17H,2,6,11-12H2,1H3,(H,26,29)(H,27,30,31). The van der Waals surface area contributed by atoms with E-state index < -0.39 is 34.9 Å². The highest BCUT2D eigenvalue weighted by Gasteiger charge is 2.31. The molecular formula is C22H22F3N3O3. The third kappa shape index (κ3) is 5.22. The molecule has 0 aliphatic heterocycles. The maximum absolute atomic E-state index is 13.0. The molecule has 2 N–H and O–H groups in total. The van der Waals surface area contributed by atoms with Gasteiger partial charge in [-0.3, -0.25) is 19.1 Å². The number of hydrogen-bond acceptors (Lipinski definition) is 3. The van der Waals surface area contributed by atoms with Crippen LogP contribution < -0.4 is 16.6 Å². The predicted molar refractivity (Wildman–Crippen MR) is 111 cm³/mol. The smallest absolute Gasteiger partial charge is 0.349 e. The third-order valence-electron chi connectivity index (χ3n) is 5.00. The molecule has 0 saturated heterocycles. The highest BCUT2D eigenvalue weighted by molar-refractivity contribution is 5.79. The van der Waals surface area contributed by atoms with Crippen molar-refractivity contribution in [2.45, 2.75) is 44.9 Å².